The second-order valence-corrected chi connectivity index (χ2v) is 11.3. The van der Waals surface area contributed by atoms with Gasteiger partial charge in [-0.15, -0.1) is 0 Å². The van der Waals surface area contributed by atoms with Crippen LogP contribution in [0.2, 0.25) is 0 Å². The highest BCUT2D eigenvalue weighted by Gasteiger charge is 2.51. The zero-order chi connectivity index (χ0) is 23.3. The zero-order valence-electron chi connectivity index (χ0n) is 19.7. The first-order valence-corrected chi connectivity index (χ1v) is 11.9. The van der Waals surface area contributed by atoms with Crippen LogP contribution in [0.4, 0.5) is 5.69 Å². The van der Waals surface area contributed by atoms with Gasteiger partial charge in [0, 0.05) is 17.7 Å². The third-order valence-corrected chi connectivity index (χ3v) is 7.24. The maximum Gasteiger partial charge on any atom is 0.350 e. The summed E-state index contributed by atoms with van der Waals surface area (Å²) in [5.41, 5.74) is -0.243. The molecule has 0 aromatic heterocycles. The molecular formula is C21H37N2O6P. The first-order chi connectivity index (χ1) is 13.7. The third kappa shape index (κ3) is 6.86. The van der Waals surface area contributed by atoms with Gasteiger partial charge in [-0.1, -0.05) is 20.8 Å². The summed E-state index contributed by atoms with van der Waals surface area (Å²) in [6, 6.07) is 6.23. The molecule has 0 spiro atoms. The van der Waals surface area contributed by atoms with E-state index in [1.807, 2.05) is 48.5 Å². The van der Waals surface area contributed by atoms with Crippen molar-refractivity contribution < 1.29 is 23.4 Å². The van der Waals surface area contributed by atoms with E-state index in [2.05, 4.69) is 0 Å². The Morgan fingerprint density at radius 2 is 1.50 bits per heavy atom. The van der Waals surface area contributed by atoms with Gasteiger partial charge in [-0.25, -0.2) is 0 Å². The molecule has 8 nitrogen and oxygen atoms in total. The van der Waals surface area contributed by atoms with Crippen molar-refractivity contribution in [3.8, 4) is 0 Å². The van der Waals surface area contributed by atoms with Crippen molar-refractivity contribution in [2.45, 2.75) is 79.7 Å². The van der Waals surface area contributed by atoms with Gasteiger partial charge < -0.3 is 9.05 Å². The van der Waals surface area contributed by atoms with Crippen LogP contribution in [-0.2, 0) is 18.5 Å². The van der Waals surface area contributed by atoms with Crippen molar-refractivity contribution in [1.29, 1.82) is 0 Å². The minimum atomic E-state index is -3.56. The van der Waals surface area contributed by atoms with Crippen molar-refractivity contribution in [1.82, 2.24) is 5.06 Å². The minimum Gasteiger partial charge on any atom is -0.308 e. The van der Waals surface area contributed by atoms with Gasteiger partial charge in [-0.05, 0) is 64.7 Å². The summed E-state index contributed by atoms with van der Waals surface area (Å²) in [6.45, 7) is 17.7. The number of rotatable bonds is 10. The Hall–Kier alpha value is -1.31. The van der Waals surface area contributed by atoms with E-state index in [0.29, 0.717) is 0 Å². The molecule has 0 bridgehead atoms. The molecule has 0 heterocycles. The lowest BCUT2D eigenvalue weighted by Crippen LogP contribution is -2.53. The topological polar surface area (TPSA) is 91.1 Å². The molecule has 0 saturated heterocycles. The molecule has 0 aliphatic heterocycles. The number of benzene rings is 1. The van der Waals surface area contributed by atoms with E-state index in [-0.39, 0.29) is 18.9 Å². The molecule has 0 radical (unpaired) electrons. The molecule has 1 aromatic carbocycles. The number of nitro groups is 1. The van der Waals surface area contributed by atoms with E-state index in [1.54, 1.807) is 31.0 Å². The molecule has 0 amide bonds. The van der Waals surface area contributed by atoms with Crippen molar-refractivity contribution >= 4 is 13.3 Å². The van der Waals surface area contributed by atoms with Crippen LogP contribution in [-0.4, -0.2) is 34.5 Å². The normalized spacial score (nSPS) is 15.3. The highest BCUT2D eigenvalue weighted by Crippen LogP contribution is 2.61. The molecule has 2 unspecified atom stereocenters. The average Bonchev–Trinajstić information content (AvgIpc) is 2.59. The molecule has 30 heavy (non-hydrogen) atoms. The Balaban J connectivity index is 3.39. The van der Waals surface area contributed by atoms with Crippen LogP contribution >= 0.6 is 7.60 Å². The van der Waals surface area contributed by atoms with Gasteiger partial charge in [0.1, 0.15) is 11.9 Å². The Bertz CT molecular complexity index is 729. The van der Waals surface area contributed by atoms with Crippen molar-refractivity contribution in [3.05, 3.63) is 39.9 Å². The van der Waals surface area contributed by atoms with Crippen LogP contribution in [0.1, 0.15) is 74.0 Å². The summed E-state index contributed by atoms with van der Waals surface area (Å²) in [6.07, 6.45) is -0.438. The minimum absolute atomic E-state index is 0.0170. The molecule has 0 aliphatic carbocycles. The van der Waals surface area contributed by atoms with Gasteiger partial charge in [-0.2, -0.15) is 5.06 Å². The monoisotopic (exact) mass is 444 g/mol. The lowest BCUT2D eigenvalue weighted by Gasteiger charge is -2.48. The van der Waals surface area contributed by atoms with Crippen LogP contribution in [0.5, 0.6) is 0 Å². The lowest BCUT2D eigenvalue weighted by molar-refractivity contribution is -0.384. The van der Waals surface area contributed by atoms with E-state index in [4.69, 9.17) is 13.9 Å². The standard InChI is InChI=1S/C21H37N2O6P/c1-10-27-30(26,28-11-2)19(20(4,5)6)22(21(7,8)9)29-16(3)17-12-14-18(15-13-17)23(24)25/h12-16,19H,10-11H2,1-9H3. The van der Waals surface area contributed by atoms with E-state index in [0.717, 1.165) is 5.56 Å². The fourth-order valence-electron chi connectivity index (χ4n) is 3.17. The maximum absolute atomic E-state index is 13.8. The summed E-state index contributed by atoms with van der Waals surface area (Å²) in [5, 5.41) is 12.6. The molecule has 0 saturated carbocycles. The Morgan fingerprint density at radius 3 is 1.83 bits per heavy atom. The van der Waals surface area contributed by atoms with Gasteiger partial charge in [0.25, 0.3) is 5.69 Å². The van der Waals surface area contributed by atoms with Gasteiger partial charge in [0.05, 0.1) is 18.1 Å². The summed E-state index contributed by atoms with van der Waals surface area (Å²) in [4.78, 5) is 16.9. The van der Waals surface area contributed by atoms with Gasteiger partial charge in [0.15, 0.2) is 0 Å². The quantitative estimate of drug-likeness (QED) is 0.237. The molecule has 172 valence electrons. The first-order valence-electron chi connectivity index (χ1n) is 10.3. The predicted molar refractivity (Wildman–Crippen MR) is 118 cm³/mol. The predicted octanol–water partition coefficient (Wildman–Crippen LogP) is 6.33. The molecule has 9 heteroatoms. The number of nitrogens with zero attached hydrogens (tertiary/aromatic N) is 2. The number of nitro benzene ring substituents is 1. The highest BCUT2D eigenvalue weighted by molar-refractivity contribution is 7.54. The summed E-state index contributed by atoms with van der Waals surface area (Å²) in [7, 11) is -3.56. The smallest absolute Gasteiger partial charge is 0.308 e. The van der Waals surface area contributed by atoms with Crippen molar-refractivity contribution in [2.75, 3.05) is 13.2 Å². The number of hydrogen-bond acceptors (Lipinski definition) is 7. The summed E-state index contributed by atoms with van der Waals surface area (Å²) >= 11 is 0. The van der Waals surface area contributed by atoms with Gasteiger partial charge in [0.2, 0.25) is 0 Å². The van der Waals surface area contributed by atoms with Crippen LogP contribution in [0.15, 0.2) is 24.3 Å². The second kappa shape index (κ2) is 10.3. The van der Waals surface area contributed by atoms with Crippen molar-refractivity contribution in [2.24, 2.45) is 5.41 Å². The molecule has 0 N–H and O–H groups in total. The largest absolute Gasteiger partial charge is 0.350 e. The molecule has 0 aliphatic rings. The number of hydroxylamine groups is 2. The van der Waals surface area contributed by atoms with E-state index < -0.39 is 35.4 Å². The number of non-ortho nitro benzene ring substituents is 1. The molecule has 2 atom stereocenters. The van der Waals surface area contributed by atoms with Crippen LogP contribution in [0, 0.1) is 15.5 Å². The number of hydrogen-bond donors (Lipinski definition) is 0. The first kappa shape index (κ1) is 26.7. The molecule has 1 aromatic rings. The van der Waals surface area contributed by atoms with Gasteiger partial charge >= 0.3 is 7.60 Å². The van der Waals surface area contributed by atoms with Gasteiger partial charge in [-0.3, -0.25) is 19.5 Å². The van der Waals surface area contributed by atoms with Crippen molar-refractivity contribution in [3.63, 3.8) is 0 Å². The zero-order valence-corrected chi connectivity index (χ0v) is 20.6. The molecule has 0 fully saturated rings. The fraction of sp³-hybridized carbons (Fsp3) is 0.714. The van der Waals surface area contributed by atoms with E-state index >= 15 is 0 Å². The summed E-state index contributed by atoms with van der Waals surface area (Å²) < 4.78 is 25.2. The average molecular weight is 445 g/mol. The Morgan fingerprint density at radius 1 is 1.03 bits per heavy atom. The molecular weight excluding hydrogens is 407 g/mol. The second-order valence-electron chi connectivity index (χ2n) is 9.21. The highest BCUT2D eigenvalue weighted by atomic mass is 31.2. The lowest BCUT2D eigenvalue weighted by atomic mass is 9.94. The van der Waals surface area contributed by atoms with Crippen LogP contribution in [0.25, 0.3) is 0 Å². The van der Waals surface area contributed by atoms with E-state index in [9.17, 15) is 14.7 Å². The third-order valence-electron chi connectivity index (χ3n) is 4.42. The Kier molecular flexibility index (Phi) is 9.21. The molecule has 1 rings (SSSR count). The fourth-order valence-corrected chi connectivity index (χ4v) is 5.86. The van der Waals surface area contributed by atoms with E-state index in [1.165, 1.54) is 12.1 Å². The Labute approximate surface area is 180 Å². The summed E-state index contributed by atoms with van der Waals surface area (Å²) in [5.74, 6) is -0.676. The van der Waals surface area contributed by atoms with Crippen LogP contribution in [0.3, 0.4) is 0 Å². The maximum atomic E-state index is 13.8. The van der Waals surface area contributed by atoms with Crippen LogP contribution < -0.4 is 0 Å². The SMILES string of the molecule is CCOP(=O)(OCC)C(N(OC(C)c1ccc([N+](=O)[O-])cc1)C(C)(C)C)C(C)(C)C.